The van der Waals surface area contributed by atoms with Gasteiger partial charge in [-0.05, 0) is 32.1 Å². The molecule has 0 amide bonds. The Morgan fingerprint density at radius 3 is 2.25 bits per heavy atom. The van der Waals surface area contributed by atoms with Gasteiger partial charge in [0.25, 0.3) is 0 Å². The molecule has 0 bridgehead atoms. The monoisotopic (exact) mass is 225 g/mol. The fraction of sp³-hybridized carbons (Fsp3) is 1.00. The van der Waals surface area contributed by atoms with E-state index in [1.807, 2.05) is 0 Å². The highest BCUT2D eigenvalue weighted by Crippen LogP contribution is 2.34. The smallest absolute Gasteiger partial charge is 0.0610 e. The third-order valence-corrected chi connectivity index (χ3v) is 4.47. The summed E-state index contributed by atoms with van der Waals surface area (Å²) < 4.78 is 0. The molecule has 2 fully saturated rings. The summed E-state index contributed by atoms with van der Waals surface area (Å²) in [7, 11) is 0. The number of rotatable bonds is 5. The molecule has 0 aromatic rings. The van der Waals surface area contributed by atoms with Crippen LogP contribution < -0.4 is 5.32 Å². The normalized spacial score (nSPS) is 27.4. The fourth-order valence-corrected chi connectivity index (χ4v) is 3.24. The Labute approximate surface area is 99.8 Å². The molecule has 0 saturated heterocycles. The van der Waals surface area contributed by atoms with Gasteiger partial charge in [-0.2, -0.15) is 0 Å². The van der Waals surface area contributed by atoms with Crippen molar-refractivity contribution in [3.05, 3.63) is 0 Å². The first-order valence-corrected chi connectivity index (χ1v) is 7.10. The minimum Gasteiger partial charge on any atom is -0.394 e. The number of hydrogen-bond donors (Lipinski definition) is 2. The van der Waals surface area contributed by atoms with Gasteiger partial charge in [-0.25, -0.2) is 0 Å². The summed E-state index contributed by atoms with van der Waals surface area (Å²) in [6.07, 6.45) is 12.1. The second-order valence-corrected chi connectivity index (χ2v) is 6.20. The standard InChI is InChI=1S/C14H27NO/c1-14(11-16,10-12-6-5-7-12)15-13-8-3-2-4-9-13/h12-13,15-16H,2-11H2,1H3. The van der Waals surface area contributed by atoms with Gasteiger partial charge in [0, 0.05) is 11.6 Å². The second-order valence-electron chi connectivity index (χ2n) is 6.20. The summed E-state index contributed by atoms with van der Waals surface area (Å²) in [5.74, 6) is 0.869. The van der Waals surface area contributed by atoms with Crippen LogP contribution in [0, 0.1) is 5.92 Å². The van der Waals surface area contributed by atoms with Crippen LogP contribution in [0.3, 0.4) is 0 Å². The number of nitrogens with one attached hydrogen (secondary N) is 1. The lowest BCUT2D eigenvalue weighted by atomic mass is 9.76. The molecular formula is C14H27NO. The van der Waals surface area contributed by atoms with Crippen LogP contribution in [0.1, 0.15) is 64.7 Å². The van der Waals surface area contributed by atoms with Crippen molar-refractivity contribution in [2.45, 2.75) is 76.3 Å². The Balaban J connectivity index is 1.81. The Bertz CT molecular complexity index is 209. The third-order valence-electron chi connectivity index (χ3n) is 4.47. The van der Waals surface area contributed by atoms with Crippen LogP contribution in [0.5, 0.6) is 0 Å². The van der Waals surface area contributed by atoms with Gasteiger partial charge in [0.1, 0.15) is 0 Å². The Kier molecular flexibility index (Phi) is 4.26. The molecule has 0 heterocycles. The van der Waals surface area contributed by atoms with Crippen molar-refractivity contribution in [2.24, 2.45) is 5.92 Å². The van der Waals surface area contributed by atoms with Gasteiger partial charge in [-0.15, -0.1) is 0 Å². The molecule has 1 unspecified atom stereocenters. The lowest BCUT2D eigenvalue weighted by Crippen LogP contribution is -2.52. The zero-order valence-corrected chi connectivity index (χ0v) is 10.7. The van der Waals surface area contributed by atoms with Crippen molar-refractivity contribution in [2.75, 3.05) is 6.61 Å². The van der Waals surface area contributed by atoms with Crippen LogP contribution in [0.4, 0.5) is 0 Å². The van der Waals surface area contributed by atoms with E-state index in [-0.39, 0.29) is 5.54 Å². The zero-order valence-electron chi connectivity index (χ0n) is 10.7. The Morgan fingerprint density at radius 2 is 1.75 bits per heavy atom. The average Bonchev–Trinajstić information content (AvgIpc) is 2.25. The first-order valence-electron chi connectivity index (χ1n) is 7.10. The molecule has 0 aromatic heterocycles. The molecule has 0 aliphatic heterocycles. The van der Waals surface area contributed by atoms with Gasteiger partial charge in [-0.1, -0.05) is 38.5 Å². The van der Waals surface area contributed by atoms with Crippen LogP contribution in [0.25, 0.3) is 0 Å². The maximum absolute atomic E-state index is 9.62. The maximum Gasteiger partial charge on any atom is 0.0610 e. The average molecular weight is 225 g/mol. The Hall–Kier alpha value is -0.0800. The molecule has 2 aliphatic rings. The van der Waals surface area contributed by atoms with E-state index in [1.54, 1.807) is 0 Å². The molecule has 0 spiro atoms. The quantitative estimate of drug-likeness (QED) is 0.754. The van der Waals surface area contributed by atoms with Crippen LogP contribution >= 0.6 is 0 Å². The largest absolute Gasteiger partial charge is 0.394 e. The van der Waals surface area contributed by atoms with Crippen molar-refractivity contribution >= 4 is 0 Å². The summed E-state index contributed by atoms with van der Waals surface area (Å²) in [4.78, 5) is 0. The molecule has 16 heavy (non-hydrogen) atoms. The fourth-order valence-electron chi connectivity index (χ4n) is 3.24. The molecule has 0 radical (unpaired) electrons. The van der Waals surface area contributed by atoms with E-state index >= 15 is 0 Å². The zero-order chi connectivity index (χ0) is 11.4. The van der Waals surface area contributed by atoms with Crippen molar-refractivity contribution in [1.29, 1.82) is 0 Å². The van der Waals surface area contributed by atoms with E-state index in [1.165, 1.54) is 57.8 Å². The topological polar surface area (TPSA) is 32.3 Å². The minimum absolute atomic E-state index is 0.0207. The minimum atomic E-state index is -0.0207. The molecule has 94 valence electrons. The molecular weight excluding hydrogens is 198 g/mol. The van der Waals surface area contributed by atoms with Gasteiger partial charge in [0.15, 0.2) is 0 Å². The lowest BCUT2D eigenvalue weighted by Gasteiger charge is -2.40. The number of hydrogen-bond acceptors (Lipinski definition) is 2. The molecule has 1 atom stereocenters. The van der Waals surface area contributed by atoms with Crippen LogP contribution in [0.15, 0.2) is 0 Å². The van der Waals surface area contributed by atoms with E-state index in [2.05, 4.69) is 12.2 Å². The molecule has 2 aliphatic carbocycles. The van der Waals surface area contributed by atoms with Gasteiger partial charge >= 0.3 is 0 Å². The Morgan fingerprint density at radius 1 is 1.06 bits per heavy atom. The highest BCUT2D eigenvalue weighted by molar-refractivity contribution is 4.91. The van der Waals surface area contributed by atoms with E-state index in [0.29, 0.717) is 12.6 Å². The predicted molar refractivity (Wildman–Crippen MR) is 67.5 cm³/mol. The summed E-state index contributed by atoms with van der Waals surface area (Å²) in [5.41, 5.74) is -0.0207. The third kappa shape index (κ3) is 3.21. The summed E-state index contributed by atoms with van der Waals surface area (Å²) in [6.45, 7) is 2.50. The van der Waals surface area contributed by atoms with Crippen molar-refractivity contribution < 1.29 is 5.11 Å². The molecule has 2 saturated carbocycles. The summed E-state index contributed by atoms with van der Waals surface area (Å²) >= 11 is 0. The molecule has 0 aromatic carbocycles. The van der Waals surface area contributed by atoms with Gasteiger partial charge in [0.05, 0.1) is 6.61 Å². The van der Waals surface area contributed by atoms with Crippen LogP contribution in [-0.4, -0.2) is 23.3 Å². The highest BCUT2D eigenvalue weighted by atomic mass is 16.3. The predicted octanol–water partition coefficient (Wildman–Crippen LogP) is 2.85. The second kappa shape index (κ2) is 5.50. The van der Waals surface area contributed by atoms with Crippen molar-refractivity contribution in [3.8, 4) is 0 Å². The first-order chi connectivity index (χ1) is 7.72. The molecule has 2 heteroatoms. The van der Waals surface area contributed by atoms with Crippen molar-refractivity contribution in [3.63, 3.8) is 0 Å². The molecule has 2 nitrogen and oxygen atoms in total. The van der Waals surface area contributed by atoms with Gasteiger partial charge in [-0.3, -0.25) is 0 Å². The molecule has 2 N–H and O–H groups in total. The number of aliphatic hydroxyl groups is 1. The lowest BCUT2D eigenvalue weighted by molar-refractivity contribution is 0.107. The van der Waals surface area contributed by atoms with Crippen LogP contribution in [-0.2, 0) is 0 Å². The van der Waals surface area contributed by atoms with E-state index in [4.69, 9.17) is 0 Å². The number of aliphatic hydroxyl groups excluding tert-OH is 1. The summed E-state index contributed by atoms with van der Waals surface area (Å²) in [6, 6.07) is 0.658. The van der Waals surface area contributed by atoms with E-state index in [9.17, 15) is 5.11 Å². The van der Waals surface area contributed by atoms with E-state index in [0.717, 1.165) is 5.92 Å². The van der Waals surface area contributed by atoms with Crippen LogP contribution in [0.2, 0.25) is 0 Å². The van der Waals surface area contributed by atoms with E-state index < -0.39 is 0 Å². The van der Waals surface area contributed by atoms with Gasteiger partial charge < -0.3 is 10.4 Å². The van der Waals surface area contributed by atoms with Crippen molar-refractivity contribution in [1.82, 2.24) is 5.32 Å². The maximum atomic E-state index is 9.62. The SMILES string of the molecule is CC(CO)(CC1CCC1)NC1CCCCC1. The molecule has 2 rings (SSSR count). The highest BCUT2D eigenvalue weighted by Gasteiger charge is 2.32. The first kappa shape index (κ1) is 12.4. The summed E-state index contributed by atoms with van der Waals surface area (Å²) in [5, 5.41) is 13.4. The van der Waals surface area contributed by atoms with Gasteiger partial charge in [0.2, 0.25) is 0 Å².